The summed E-state index contributed by atoms with van der Waals surface area (Å²) in [6.07, 6.45) is 1.80. The van der Waals surface area contributed by atoms with Gasteiger partial charge in [0.05, 0.1) is 17.2 Å². The van der Waals surface area contributed by atoms with Crippen LogP contribution in [-0.4, -0.2) is 20.2 Å². The molecule has 1 amide bonds. The van der Waals surface area contributed by atoms with E-state index in [9.17, 15) is 14.9 Å². The topological polar surface area (TPSA) is 89.5 Å². The Bertz CT molecular complexity index is 1150. The van der Waals surface area contributed by atoms with Gasteiger partial charge in [0.1, 0.15) is 4.88 Å². The largest absolute Gasteiger partial charge is 0.346 e. The van der Waals surface area contributed by atoms with Gasteiger partial charge in [-0.3, -0.25) is 19.3 Å². The van der Waals surface area contributed by atoms with Gasteiger partial charge in [-0.15, -0.1) is 11.3 Å². The summed E-state index contributed by atoms with van der Waals surface area (Å²) in [6, 6.07) is 10.3. The standard InChI is InChI=1S/C18H14N4O3S2/c1-11-16(17(23)19-9-14-6-3-7-26-14)27-18-20-15(10-21(11)18)12-4-2-5-13(8-12)22(24)25/h2-8,10H,9H2,1H3,(H,19,23). The number of amides is 1. The zero-order chi connectivity index (χ0) is 19.0. The Hall–Kier alpha value is -3.04. The van der Waals surface area contributed by atoms with Crippen LogP contribution in [0.25, 0.3) is 16.2 Å². The lowest BCUT2D eigenvalue weighted by atomic mass is 10.1. The van der Waals surface area contributed by atoms with Crippen LogP contribution in [0.1, 0.15) is 20.2 Å². The number of imidazole rings is 1. The number of thiazole rings is 1. The third kappa shape index (κ3) is 3.34. The van der Waals surface area contributed by atoms with E-state index in [1.54, 1.807) is 29.7 Å². The molecule has 9 heteroatoms. The number of thiophene rings is 1. The maximum atomic E-state index is 12.5. The van der Waals surface area contributed by atoms with E-state index in [1.807, 2.05) is 28.8 Å². The molecule has 0 fully saturated rings. The molecule has 0 bridgehead atoms. The van der Waals surface area contributed by atoms with Gasteiger partial charge in [0.25, 0.3) is 11.6 Å². The lowest BCUT2D eigenvalue weighted by Crippen LogP contribution is -2.22. The number of nitro benzene ring substituents is 1. The molecule has 0 radical (unpaired) electrons. The predicted molar refractivity (Wildman–Crippen MR) is 105 cm³/mol. The van der Waals surface area contributed by atoms with Gasteiger partial charge in [-0.2, -0.15) is 0 Å². The van der Waals surface area contributed by atoms with E-state index in [1.165, 1.54) is 23.5 Å². The fraction of sp³-hybridized carbons (Fsp3) is 0.111. The number of benzene rings is 1. The fourth-order valence-corrected chi connectivity index (χ4v) is 4.41. The molecule has 0 aliphatic carbocycles. The molecule has 0 spiro atoms. The number of aryl methyl sites for hydroxylation is 1. The molecule has 0 saturated carbocycles. The third-order valence-electron chi connectivity index (χ3n) is 4.12. The maximum Gasteiger partial charge on any atom is 0.270 e. The number of rotatable bonds is 5. The number of nitrogens with zero attached hydrogens (tertiary/aromatic N) is 3. The number of nitro groups is 1. The molecule has 0 aliphatic rings. The van der Waals surface area contributed by atoms with Gasteiger partial charge in [-0.1, -0.05) is 29.5 Å². The lowest BCUT2D eigenvalue weighted by Gasteiger charge is -2.02. The summed E-state index contributed by atoms with van der Waals surface area (Å²) in [4.78, 5) is 29.9. The van der Waals surface area contributed by atoms with Crippen molar-refractivity contribution in [3.05, 3.63) is 73.5 Å². The van der Waals surface area contributed by atoms with Crippen LogP contribution in [0.2, 0.25) is 0 Å². The highest BCUT2D eigenvalue weighted by atomic mass is 32.1. The van der Waals surface area contributed by atoms with Crippen molar-refractivity contribution in [3.8, 4) is 11.3 Å². The molecule has 0 unspecified atom stereocenters. The van der Waals surface area contributed by atoms with E-state index in [0.29, 0.717) is 27.6 Å². The van der Waals surface area contributed by atoms with Gasteiger partial charge in [-0.25, -0.2) is 4.98 Å². The van der Waals surface area contributed by atoms with E-state index in [-0.39, 0.29) is 11.6 Å². The monoisotopic (exact) mass is 398 g/mol. The second-order valence-electron chi connectivity index (χ2n) is 5.86. The molecule has 136 valence electrons. The molecule has 7 nitrogen and oxygen atoms in total. The van der Waals surface area contributed by atoms with Gasteiger partial charge >= 0.3 is 0 Å². The zero-order valence-corrected chi connectivity index (χ0v) is 15.8. The van der Waals surface area contributed by atoms with E-state index < -0.39 is 4.92 Å². The highest BCUT2D eigenvalue weighted by molar-refractivity contribution is 7.19. The summed E-state index contributed by atoms with van der Waals surface area (Å²) in [5.74, 6) is -0.131. The van der Waals surface area contributed by atoms with Crippen molar-refractivity contribution in [2.45, 2.75) is 13.5 Å². The highest BCUT2D eigenvalue weighted by Gasteiger charge is 2.18. The van der Waals surface area contributed by atoms with Crippen LogP contribution in [0.4, 0.5) is 5.69 Å². The summed E-state index contributed by atoms with van der Waals surface area (Å²) in [6.45, 7) is 2.36. The van der Waals surface area contributed by atoms with Crippen LogP contribution < -0.4 is 5.32 Å². The van der Waals surface area contributed by atoms with Crippen molar-refractivity contribution >= 4 is 39.2 Å². The minimum Gasteiger partial charge on any atom is -0.346 e. The number of carbonyl (C=O) groups excluding carboxylic acids is 1. The molecule has 3 aromatic heterocycles. The Kier molecular flexibility index (Phi) is 4.46. The molecule has 0 aliphatic heterocycles. The zero-order valence-electron chi connectivity index (χ0n) is 14.2. The molecule has 3 heterocycles. The van der Waals surface area contributed by atoms with Gasteiger partial charge in [0.15, 0.2) is 4.96 Å². The summed E-state index contributed by atoms with van der Waals surface area (Å²) in [5.41, 5.74) is 2.12. The average molecular weight is 398 g/mol. The minimum atomic E-state index is -0.427. The highest BCUT2D eigenvalue weighted by Crippen LogP contribution is 2.28. The van der Waals surface area contributed by atoms with Crippen LogP contribution in [0, 0.1) is 17.0 Å². The quantitative estimate of drug-likeness (QED) is 0.401. The lowest BCUT2D eigenvalue weighted by molar-refractivity contribution is -0.384. The Labute approximate surface area is 162 Å². The summed E-state index contributed by atoms with van der Waals surface area (Å²) in [7, 11) is 0. The number of carbonyl (C=O) groups is 1. The SMILES string of the molecule is Cc1c(C(=O)NCc2cccs2)sc2nc(-c3cccc([N+](=O)[O-])c3)cn12. The van der Waals surface area contributed by atoms with Crippen LogP contribution in [0.5, 0.6) is 0 Å². The molecular weight excluding hydrogens is 384 g/mol. The first kappa shape index (κ1) is 17.4. The molecule has 1 N–H and O–H groups in total. The maximum absolute atomic E-state index is 12.5. The Morgan fingerprint density at radius 3 is 2.89 bits per heavy atom. The van der Waals surface area contributed by atoms with Gasteiger partial charge in [-0.05, 0) is 18.4 Å². The van der Waals surface area contributed by atoms with Gasteiger partial charge < -0.3 is 5.32 Å². The summed E-state index contributed by atoms with van der Waals surface area (Å²) in [5, 5.41) is 15.9. The fourth-order valence-electron chi connectivity index (χ4n) is 2.74. The summed E-state index contributed by atoms with van der Waals surface area (Å²) < 4.78 is 1.85. The number of non-ortho nitro benzene ring substituents is 1. The molecular formula is C18H14N4O3S2. The molecule has 4 aromatic rings. The van der Waals surface area contributed by atoms with Gasteiger partial charge in [0, 0.05) is 34.5 Å². The molecule has 0 saturated heterocycles. The third-order valence-corrected chi connectivity index (χ3v) is 6.15. The average Bonchev–Trinajstić information content (AvgIpc) is 3.38. The molecule has 1 aromatic carbocycles. The van der Waals surface area contributed by atoms with Crippen molar-refractivity contribution < 1.29 is 9.72 Å². The van der Waals surface area contributed by atoms with Crippen LogP contribution in [-0.2, 0) is 6.54 Å². The molecule has 27 heavy (non-hydrogen) atoms. The Morgan fingerprint density at radius 1 is 1.33 bits per heavy atom. The Balaban J connectivity index is 1.60. The van der Waals surface area contributed by atoms with Gasteiger partial charge in [0.2, 0.25) is 0 Å². The second-order valence-corrected chi connectivity index (χ2v) is 7.87. The van der Waals surface area contributed by atoms with Crippen molar-refractivity contribution in [2.24, 2.45) is 0 Å². The van der Waals surface area contributed by atoms with E-state index in [2.05, 4.69) is 10.3 Å². The van der Waals surface area contributed by atoms with Crippen molar-refractivity contribution in [1.29, 1.82) is 0 Å². The van der Waals surface area contributed by atoms with Crippen molar-refractivity contribution in [3.63, 3.8) is 0 Å². The van der Waals surface area contributed by atoms with Crippen LogP contribution in [0.15, 0.2) is 48.0 Å². The van der Waals surface area contributed by atoms with E-state index in [4.69, 9.17) is 0 Å². The Morgan fingerprint density at radius 2 is 2.19 bits per heavy atom. The first-order valence-electron chi connectivity index (χ1n) is 8.07. The number of hydrogen-bond donors (Lipinski definition) is 1. The van der Waals surface area contributed by atoms with E-state index >= 15 is 0 Å². The number of nitrogens with one attached hydrogen (secondary N) is 1. The van der Waals surface area contributed by atoms with Crippen LogP contribution in [0.3, 0.4) is 0 Å². The normalized spacial score (nSPS) is 11.0. The van der Waals surface area contributed by atoms with E-state index in [0.717, 1.165) is 10.6 Å². The van der Waals surface area contributed by atoms with Crippen molar-refractivity contribution in [2.75, 3.05) is 0 Å². The molecule has 0 atom stereocenters. The number of aromatic nitrogens is 2. The van der Waals surface area contributed by atoms with Crippen molar-refractivity contribution in [1.82, 2.24) is 14.7 Å². The smallest absolute Gasteiger partial charge is 0.270 e. The second kappa shape index (κ2) is 6.93. The molecule has 4 rings (SSSR count). The number of fused-ring (bicyclic) bond motifs is 1. The first-order chi connectivity index (χ1) is 13.0. The number of hydrogen-bond acceptors (Lipinski definition) is 6. The van der Waals surface area contributed by atoms with Crippen LogP contribution >= 0.6 is 22.7 Å². The summed E-state index contributed by atoms with van der Waals surface area (Å²) >= 11 is 2.90. The first-order valence-corrected chi connectivity index (χ1v) is 9.76. The predicted octanol–water partition coefficient (Wildman–Crippen LogP) is 4.27. The minimum absolute atomic E-state index is 0.0224.